The molecule has 0 fully saturated rings. The number of ether oxygens (including phenoxy) is 1. The average Bonchev–Trinajstić information content (AvgIpc) is 3.18. The second-order valence-corrected chi connectivity index (χ2v) is 5.94. The van der Waals surface area contributed by atoms with E-state index < -0.39 is 0 Å². The molecule has 2 heterocycles. The van der Waals surface area contributed by atoms with Gasteiger partial charge in [0.15, 0.2) is 5.76 Å². The lowest BCUT2D eigenvalue weighted by Crippen LogP contribution is -2.08. The van der Waals surface area contributed by atoms with Gasteiger partial charge in [-0.1, -0.05) is 41.0 Å². The van der Waals surface area contributed by atoms with E-state index in [0.717, 1.165) is 10.4 Å². The molecule has 0 unspecified atom stereocenters. The Hall–Kier alpha value is -2.11. The monoisotopic (exact) mass is 333 g/mol. The summed E-state index contributed by atoms with van der Waals surface area (Å²) < 4.78 is 10.4. The van der Waals surface area contributed by atoms with Crippen molar-refractivity contribution in [1.29, 1.82) is 0 Å². The molecule has 0 aliphatic rings. The van der Waals surface area contributed by atoms with Gasteiger partial charge in [0.1, 0.15) is 12.3 Å². The van der Waals surface area contributed by atoms with E-state index >= 15 is 0 Å². The second-order valence-electron chi connectivity index (χ2n) is 4.59. The van der Waals surface area contributed by atoms with E-state index in [-0.39, 0.29) is 19.0 Å². The molecule has 0 radical (unpaired) electrons. The molecule has 4 nitrogen and oxygen atoms in total. The Bertz CT molecular complexity index is 767. The Labute approximate surface area is 136 Å². The third-order valence-electron chi connectivity index (χ3n) is 3.00. The van der Waals surface area contributed by atoms with Gasteiger partial charge < -0.3 is 9.26 Å². The lowest BCUT2D eigenvalue weighted by molar-refractivity contribution is -0.144. The summed E-state index contributed by atoms with van der Waals surface area (Å²) in [5, 5.41) is 6.41. The summed E-state index contributed by atoms with van der Waals surface area (Å²) in [6, 6.07) is 12.8. The van der Waals surface area contributed by atoms with Gasteiger partial charge in [0.25, 0.3) is 0 Å². The fourth-order valence-corrected chi connectivity index (χ4v) is 2.79. The van der Waals surface area contributed by atoms with Gasteiger partial charge in [-0.05, 0) is 23.1 Å². The Morgan fingerprint density at radius 3 is 2.91 bits per heavy atom. The van der Waals surface area contributed by atoms with Crippen LogP contribution in [0.5, 0.6) is 0 Å². The molecule has 2 aromatic heterocycles. The highest BCUT2D eigenvalue weighted by Gasteiger charge is 2.11. The van der Waals surface area contributed by atoms with Crippen molar-refractivity contribution in [1.82, 2.24) is 5.16 Å². The van der Waals surface area contributed by atoms with Crippen LogP contribution in [0.15, 0.2) is 52.4 Å². The van der Waals surface area contributed by atoms with Crippen LogP contribution in [-0.2, 0) is 22.6 Å². The van der Waals surface area contributed by atoms with E-state index in [2.05, 4.69) is 5.16 Å². The number of carbonyl (C=O) groups is 1. The first-order chi connectivity index (χ1) is 10.7. The maximum atomic E-state index is 11.8. The van der Waals surface area contributed by atoms with Crippen molar-refractivity contribution in [3.8, 4) is 10.6 Å². The molecular formula is C16H12ClNO3S. The zero-order valence-corrected chi connectivity index (χ0v) is 13.1. The summed E-state index contributed by atoms with van der Waals surface area (Å²) in [4.78, 5) is 12.8. The highest BCUT2D eigenvalue weighted by Crippen LogP contribution is 2.25. The van der Waals surface area contributed by atoms with E-state index in [0.29, 0.717) is 16.5 Å². The maximum Gasteiger partial charge on any atom is 0.310 e. The Morgan fingerprint density at radius 2 is 2.14 bits per heavy atom. The smallest absolute Gasteiger partial charge is 0.310 e. The fraction of sp³-hybridized carbons (Fsp3) is 0.125. The first-order valence-electron chi connectivity index (χ1n) is 6.61. The minimum Gasteiger partial charge on any atom is -0.459 e. The molecule has 22 heavy (non-hydrogen) atoms. The largest absolute Gasteiger partial charge is 0.459 e. The maximum absolute atomic E-state index is 11.8. The van der Waals surface area contributed by atoms with E-state index in [1.807, 2.05) is 29.6 Å². The van der Waals surface area contributed by atoms with Gasteiger partial charge in [-0.15, -0.1) is 11.3 Å². The highest BCUT2D eigenvalue weighted by molar-refractivity contribution is 7.13. The predicted octanol–water partition coefficient (Wildman–Crippen LogP) is 4.34. The molecule has 0 aliphatic heterocycles. The quantitative estimate of drug-likeness (QED) is 0.652. The van der Waals surface area contributed by atoms with Crippen molar-refractivity contribution >= 4 is 28.9 Å². The summed E-state index contributed by atoms with van der Waals surface area (Å²) >= 11 is 7.57. The van der Waals surface area contributed by atoms with Crippen LogP contribution in [0, 0.1) is 0 Å². The van der Waals surface area contributed by atoms with Gasteiger partial charge in [-0.2, -0.15) is 0 Å². The number of thiophene rings is 1. The molecule has 0 saturated heterocycles. The van der Waals surface area contributed by atoms with Crippen LogP contribution in [0.3, 0.4) is 0 Å². The molecule has 6 heteroatoms. The van der Waals surface area contributed by atoms with Gasteiger partial charge in [-0.25, -0.2) is 0 Å². The molecular weight excluding hydrogens is 322 g/mol. The van der Waals surface area contributed by atoms with Crippen LogP contribution in [0.2, 0.25) is 5.02 Å². The Kier molecular flexibility index (Phi) is 4.56. The molecule has 3 rings (SSSR count). The first-order valence-corrected chi connectivity index (χ1v) is 7.86. The average molecular weight is 334 g/mol. The summed E-state index contributed by atoms with van der Waals surface area (Å²) in [5.41, 5.74) is 1.32. The van der Waals surface area contributed by atoms with Crippen LogP contribution in [0.4, 0.5) is 0 Å². The molecule has 0 saturated carbocycles. The second kappa shape index (κ2) is 6.77. The molecule has 0 aliphatic carbocycles. The summed E-state index contributed by atoms with van der Waals surface area (Å²) in [7, 11) is 0. The van der Waals surface area contributed by atoms with Gasteiger partial charge >= 0.3 is 5.97 Å². The predicted molar refractivity (Wildman–Crippen MR) is 84.8 cm³/mol. The highest BCUT2D eigenvalue weighted by atomic mass is 35.5. The number of aromatic nitrogens is 1. The van der Waals surface area contributed by atoms with Crippen molar-refractivity contribution in [2.24, 2.45) is 0 Å². The number of esters is 1. The molecule has 0 atom stereocenters. The van der Waals surface area contributed by atoms with Crippen molar-refractivity contribution in [3.63, 3.8) is 0 Å². The van der Waals surface area contributed by atoms with Gasteiger partial charge in [0.2, 0.25) is 0 Å². The van der Waals surface area contributed by atoms with Crippen LogP contribution in [-0.4, -0.2) is 11.1 Å². The number of benzene rings is 1. The van der Waals surface area contributed by atoms with Crippen molar-refractivity contribution in [2.75, 3.05) is 0 Å². The summed E-state index contributed by atoms with van der Waals surface area (Å²) in [6.07, 6.45) is 0.134. The lowest BCUT2D eigenvalue weighted by atomic mass is 10.1. The standard InChI is InChI=1S/C16H12ClNO3S/c17-13-5-2-1-4-11(13)8-16(19)20-10-12-9-14(21-18-12)15-6-3-7-22-15/h1-7,9H,8,10H2. The molecule has 3 aromatic rings. The van der Waals surface area contributed by atoms with Gasteiger partial charge in [0, 0.05) is 11.1 Å². The minimum atomic E-state index is -0.353. The van der Waals surface area contributed by atoms with E-state index in [9.17, 15) is 4.79 Å². The van der Waals surface area contributed by atoms with E-state index in [4.69, 9.17) is 20.9 Å². The zero-order valence-electron chi connectivity index (χ0n) is 11.5. The third kappa shape index (κ3) is 3.55. The Balaban J connectivity index is 1.56. The van der Waals surface area contributed by atoms with Crippen LogP contribution in [0.1, 0.15) is 11.3 Å². The number of carbonyl (C=O) groups excluding carboxylic acids is 1. The first kappa shape index (κ1) is 14.8. The number of nitrogens with zero attached hydrogens (tertiary/aromatic N) is 1. The number of halogens is 1. The summed E-state index contributed by atoms with van der Waals surface area (Å²) in [5.74, 6) is 0.320. The van der Waals surface area contributed by atoms with Crippen LogP contribution >= 0.6 is 22.9 Å². The zero-order chi connectivity index (χ0) is 15.4. The lowest BCUT2D eigenvalue weighted by Gasteiger charge is -2.04. The number of hydrogen-bond donors (Lipinski definition) is 0. The molecule has 1 aromatic carbocycles. The molecule has 112 valence electrons. The van der Waals surface area contributed by atoms with E-state index in [1.54, 1.807) is 29.5 Å². The minimum absolute atomic E-state index is 0.0815. The van der Waals surface area contributed by atoms with Crippen LogP contribution < -0.4 is 0 Å². The SMILES string of the molecule is O=C(Cc1ccccc1Cl)OCc1cc(-c2cccs2)on1. The van der Waals surface area contributed by atoms with Gasteiger partial charge in [-0.3, -0.25) is 4.79 Å². The molecule has 0 bridgehead atoms. The number of rotatable bonds is 5. The van der Waals surface area contributed by atoms with Crippen molar-refractivity contribution in [2.45, 2.75) is 13.0 Å². The van der Waals surface area contributed by atoms with E-state index in [1.165, 1.54) is 0 Å². The summed E-state index contributed by atoms with van der Waals surface area (Å²) in [6.45, 7) is 0.0815. The topological polar surface area (TPSA) is 52.3 Å². The number of hydrogen-bond acceptors (Lipinski definition) is 5. The van der Waals surface area contributed by atoms with Crippen LogP contribution in [0.25, 0.3) is 10.6 Å². The molecule has 0 N–H and O–H groups in total. The van der Waals surface area contributed by atoms with Crippen molar-refractivity contribution in [3.05, 3.63) is 64.1 Å². The van der Waals surface area contributed by atoms with Gasteiger partial charge in [0.05, 0.1) is 11.3 Å². The Morgan fingerprint density at radius 1 is 1.27 bits per heavy atom. The fourth-order valence-electron chi connectivity index (χ4n) is 1.92. The normalized spacial score (nSPS) is 10.6. The molecule has 0 spiro atoms. The molecule has 0 amide bonds. The van der Waals surface area contributed by atoms with Crippen molar-refractivity contribution < 1.29 is 14.1 Å². The third-order valence-corrected chi connectivity index (χ3v) is 4.25.